The highest BCUT2D eigenvalue weighted by Gasteiger charge is 2.24. The molecule has 2 unspecified atom stereocenters. The quantitative estimate of drug-likeness (QED) is 0.871. The van der Waals surface area contributed by atoms with Crippen molar-refractivity contribution in [2.24, 2.45) is 0 Å². The van der Waals surface area contributed by atoms with Crippen LogP contribution in [-0.4, -0.2) is 40.8 Å². The van der Waals surface area contributed by atoms with Gasteiger partial charge in [0.2, 0.25) is 11.2 Å². The molecule has 1 aromatic rings. The minimum atomic E-state index is 0.0752. The average Bonchev–Trinajstić information content (AvgIpc) is 2.44. The van der Waals surface area contributed by atoms with Gasteiger partial charge in [0.1, 0.15) is 6.10 Å². The maximum absolute atomic E-state index is 5.90. The van der Waals surface area contributed by atoms with Gasteiger partial charge < -0.3 is 14.8 Å². The lowest BCUT2D eigenvalue weighted by Crippen LogP contribution is -2.30. The third-order valence-electron chi connectivity index (χ3n) is 3.30. The number of rotatable bonds is 6. The van der Waals surface area contributed by atoms with Crippen LogP contribution in [0.5, 0.6) is 6.01 Å². The molecule has 1 aliphatic carbocycles. The molecule has 1 saturated carbocycles. The molecule has 6 nitrogen and oxygen atoms in total. The monoisotopic (exact) mass is 300 g/mol. The molecule has 20 heavy (non-hydrogen) atoms. The lowest BCUT2D eigenvalue weighted by molar-refractivity contribution is 0.0179. The van der Waals surface area contributed by atoms with E-state index < -0.39 is 0 Å². The summed E-state index contributed by atoms with van der Waals surface area (Å²) in [6, 6.07) is 0.283. The summed E-state index contributed by atoms with van der Waals surface area (Å²) in [7, 11) is 1.74. The largest absolute Gasteiger partial charge is 0.460 e. The maximum Gasteiger partial charge on any atom is 0.322 e. The highest BCUT2D eigenvalue weighted by atomic mass is 35.5. The second-order valence-corrected chi connectivity index (χ2v) is 5.24. The smallest absolute Gasteiger partial charge is 0.322 e. The van der Waals surface area contributed by atoms with Crippen LogP contribution in [0.4, 0.5) is 5.95 Å². The maximum atomic E-state index is 5.90. The molecule has 1 aliphatic rings. The first-order chi connectivity index (χ1) is 9.71. The zero-order chi connectivity index (χ0) is 14.4. The van der Waals surface area contributed by atoms with Crippen molar-refractivity contribution in [2.75, 3.05) is 19.0 Å². The molecule has 1 aromatic heterocycles. The van der Waals surface area contributed by atoms with Gasteiger partial charge in [-0.25, -0.2) is 0 Å². The predicted octanol–water partition coefficient (Wildman–Crippen LogP) is 2.68. The van der Waals surface area contributed by atoms with Crippen LogP contribution in [0.25, 0.3) is 0 Å². The van der Waals surface area contributed by atoms with Crippen molar-refractivity contribution < 1.29 is 9.47 Å². The van der Waals surface area contributed by atoms with E-state index in [1.165, 1.54) is 0 Å². The molecule has 1 heterocycles. The molecule has 0 bridgehead atoms. The summed E-state index contributed by atoms with van der Waals surface area (Å²) in [4.78, 5) is 12.3. The predicted molar refractivity (Wildman–Crippen MR) is 77.3 cm³/mol. The van der Waals surface area contributed by atoms with Crippen LogP contribution in [-0.2, 0) is 4.74 Å². The standard InChI is InChI=1S/C13H21ClN4O2/c1-3-7-15-12-16-11(14)17-13(18-12)20-10-6-4-5-9(8-10)19-2/h9-10H,3-8H2,1-2H3,(H,15,16,17,18). The van der Waals surface area contributed by atoms with Crippen LogP contribution in [0.2, 0.25) is 5.28 Å². The third-order valence-corrected chi connectivity index (χ3v) is 3.47. The number of hydrogen-bond donors (Lipinski definition) is 1. The van der Waals surface area contributed by atoms with Crippen molar-refractivity contribution in [3.8, 4) is 6.01 Å². The van der Waals surface area contributed by atoms with Gasteiger partial charge in [0, 0.05) is 20.1 Å². The normalized spacial score (nSPS) is 22.6. The van der Waals surface area contributed by atoms with Gasteiger partial charge in [0.05, 0.1) is 6.10 Å². The van der Waals surface area contributed by atoms with E-state index in [9.17, 15) is 0 Å². The number of hydrogen-bond acceptors (Lipinski definition) is 6. The molecule has 2 atom stereocenters. The summed E-state index contributed by atoms with van der Waals surface area (Å²) < 4.78 is 11.2. The molecule has 1 fully saturated rings. The Balaban J connectivity index is 1.99. The average molecular weight is 301 g/mol. The summed E-state index contributed by atoms with van der Waals surface area (Å²) in [6.45, 7) is 2.86. The molecule has 0 aromatic carbocycles. The second-order valence-electron chi connectivity index (χ2n) is 4.90. The fraction of sp³-hybridized carbons (Fsp3) is 0.769. The fourth-order valence-electron chi connectivity index (χ4n) is 2.27. The zero-order valence-corrected chi connectivity index (χ0v) is 12.7. The van der Waals surface area contributed by atoms with Crippen LogP contribution in [0.1, 0.15) is 39.0 Å². The van der Waals surface area contributed by atoms with Gasteiger partial charge >= 0.3 is 6.01 Å². The van der Waals surface area contributed by atoms with Crippen LogP contribution in [0.15, 0.2) is 0 Å². The van der Waals surface area contributed by atoms with Gasteiger partial charge in [-0.1, -0.05) is 6.92 Å². The molecular weight excluding hydrogens is 280 g/mol. The van der Waals surface area contributed by atoms with E-state index in [-0.39, 0.29) is 23.5 Å². The highest BCUT2D eigenvalue weighted by Crippen LogP contribution is 2.24. The van der Waals surface area contributed by atoms with Gasteiger partial charge in [-0.2, -0.15) is 15.0 Å². The first-order valence-electron chi connectivity index (χ1n) is 7.06. The van der Waals surface area contributed by atoms with Gasteiger partial charge in [-0.15, -0.1) is 0 Å². The number of aromatic nitrogens is 3. The molecule has 0 amide bonds. The molecule has 2 rings (SSSR count). The Labute approximate surface area is 124 Å². The minimum Gasteiger partial charge on any atom is -0.460 e. The van der Waals surface area contributed by atoms with E-state index >= 15 is 0 Å². The highest BCUT2D eigenvalue weighted by molar-refractivity contribution is 6.28. The minimum absolute atomic E-state index is 0.0752. The zero-order valence-electron chi connectivity index (χ0n) is 11.9. The number of ether oxygens (including phenoxy) is 2. The van der Waals surface area contributed by atoms with E-state index in [1.54, 1.807) is 7.11 Å². The van der Waals surface area contributed by atoms with Gasteiger partial charge in [0.25, 0.3) is 0 Å². The van der Waals surface area contributed by atoms with Crippen molar-refractivity contribution in [2.45, 2.75) is 51.2 Å². The Morgan fingerprint density at radius 1 is 1.25 bits per heavy atom. The molecule has 0 aliphatic heterocycles. The number of nitrogens with one attached hydrogen (secondary N) is 1. The number of halogens is 1. The Morgan fingerprint density at radius 3 is 2.80 bits per heavy atom. The van der Waals surface area contributed by atoms with Gasteiger partial charge in [0.15, 0.2) is 0 Å². The summed E-state index contributed by atoms with van der Waals surface area (Å²) in [5, 5.41) is 3.23. The topological polar surface area (TPSA) is 69.2 Å². The molecular formula is C13H21ClN4O2. The SMILES string of the molecule is CCCNc1nc(Cl)nc(OC2CCCC(OC)C2)n1. The first kappa shape index (κ1) is 15.3. The van der Waals surface area contributed by atoms with Crippen molar-refractivity contribution >= 4 is 17.5 Å². The van der Waals surface area contributed by atoms with Crippen molar-refractivity contribution in [1.82, 2.24) is 15.0 Å². The number of nitrogens with zero attached hydrogens (tertiary/aromatic N) is 3. The third kappa shape index (κ3) is 4.45. The molecule has 0 spiro atoms. The van der Waals surface area contributed by atoms with Crippen molar-refractivity contribution in [1.29, 1.82) is 0 Å². The summed E-state index contributed by atoms with van der Waals surface area (Å²) in [6.07, 6.45) is 5.33. The number of anilines is 1. The summed E-state index contributed by atoms with van der Waals surface area (Å²) in [5.74, 6) is 0.459. The Morgan fingerprint density at radius 2 is 2.05 bits per heavy atom. The lowest BCUT2D eigenvalue weighted by Gasteiger charge is -2.27. The van der Waals surface area contributed by atoms with E-state index in [2.05, 4.69) is 27.2 Å². The molecule has 0 saturated heterocycles. The van der Waals surface area contributed by atoms with Crippen LogP contribution >= 0.6 is 11.6 Å². The molecule has 1 N–H and O–H groups in total. The van der Waals surface area contributed by atoms with E-state index in [0.29, 0.717) is 5.95 Å². The second kappa shape index (κ2) is 7.59. The van der Waals surface area contributed by atoms with Crippen molar-refractivity contribution in [3.05, 3.63) is 5.28 Å². The van der Waals surface area contributed by atoms with Gasteiger partial charge in [-0.05, 0) is 37.3 Å². The summed E-state index contributed by atoms with van der Waals surface area (Å²) in [5.41, 5.74) is 0. The summed E-state index contributed by atoms with van der Waals surface area (Å²) >= 11 is 5.90. The Hall–Kier alpha value is -1.14. The fourth-order valence-corrected chi connectivity index (χ4v) is 2.43. The van der Waals surface area contributed by atoms with Crippen molar-refractivity contribution in [3.63, 3.8) is 0 Å². The lowest BCUT2D eigenvalue weighted by atomic mass is 9.95. The van der Waals surface area contributed by atoms with Crippen LogP contribution in [0.3, 0.4) is 0 Å². The van der Waals surface area contributed by atoms with E-state index in [4.69, 9.17) is 21.1 Å². The molecule has 112 valence electrons. The van der Waals surface area contributed by atoms with E-state index in [1.807, 2.05) is 0 Å². The number of methoxy groups -OCH3 is 1. The molecule has 0 radical (unpaired) electrons. The van der Waals surface area contributed by atoms with Crippen LogP contribution in [0, 0.1) is 0 Å². The van der Waals surface area contributed by atoms with E-state index in [0.717, 1.165) is 38.6 Å². The van der Waals surface area contributed by atoms with Gasteiger partial charge in [-0.3, -0.25) is 0 Å². The van der Waals surface area contributed by atoms with Crippen LogP contribution < -0.4 is 10.1 Å². The first-order valence-corrected chi connectivity index (χ1v) is 7.44. The Kier molecular flexibility index (Phi) is 5.79. The Bertz CT molecular complexity index is 433. The molecule has 7 heteroatoms.